The van der Waals surface area contributed by atoms with E-state index in [4.69, 9.17) is 14.2 Å². The monoisotopic (exact) mass is 346 g/mol. The van der Waals surface area contributed by atoms with Gasteiger partial charge in [-0.15, -0.1) is 0 Å². The molecule has 5 heteroatoms. The standard InChI is InChI=1S/C20H28NO4/c1-21(13-23-2)10-4-8-20-9-7-15(22)11-17(20)25-19-16(24-3)6-5-14(12-21)18(19)20/h5-7,9,15,17,22H,4,8,10-13H2,1-3H3/q+1/t15-,17-,20+,21?/m0/s1. The van der Waals surface area contributed by atoms with E-state index in [0.29, 0.717) is 13.2 Å². The number of hydrogen-bond donors (Lipinski definition) is 1. The van der Waals surface area contributed by atoms with Crippen molar-refractivity contribution in [2.24, 2.45) is 0 Å². The first kappa shape index (κ1) is 16.9. The summed E-state index contributed by atoms with van der Waals surface area (Å²) in [6.45, 7) is 2.68. The fourth-order valence-electron chi connectivity index (χ4n) is 5.00. The van der Waals surface area contributed by atoms with E-state index in [2.05, 4.69) is 19.2 Å². The smallest absolute Gasteiger partial charge is 0.182 e. The molecule has 0 saturated heterocycles. The first-order valence-corrected chi connectivity index (χ1v) is 9.08. The Hall–Kier alpha value is -1.56. The van der Waals surface area contributed by atoms with Crippen molar-refractivity contribution in [3.8, 4) is 11.5 Å². The highest BCUT2D eigenvalue weighted by molar-refractivity contribution is 5.60. The first-order valence-electron chi connectivity index (χ1n) is 9.08. The molecule has 1 aromatic carbocycles. The molecule has 1 aromatic rings. The molecule has 4 atom stereocenters. The average molecular weight is 346 g/mol. The summed E-state index contributed by atoms with van der Waals surface area (Å²) in [5, 5.41) is 10.1. The normalized spacial score (nSPS) is 36.0. The number of hydrogen-bond acceptors (Lipinski definition) is 4. The van der Waals surface area contributed by atoms with E-state index in [9.17, 15) is 5.11 Å². The van der Waals surface area contributed by atoms with Crippen molar-refractivity contribution in [1.82, 2.24) is 0 Å². The van der Waals surface area contributed by atoms with E-state index in [0.717, 1.165) is 41.9 Å². The fraction of sp³-hybridized carbons (Fsp3) is 0.600. The van der Waals surface area contributed by atoms with Gasteiger partial charge in [0.05, 0.1) is 32.2 Å². The van der Waals surface area contributed by atoms with Gasteiger partial charge in [0, 0.05) is 24.7 Å². The van der Waals surface area contributed by atoms with Crippen LogP contribution in [-0.4, -0.2) is 56.3 Å². The van der Waals surface area contributed by atoms with Gasteiger partial charge < -0.3 is 19.3 Å². The summed E-state index contributed by atoms with van der Waals surface area (Å²) in [7, 11) is 5.72. The lowest BCUT2D eigenvalue weighted by Crippen LogP contribution is -2.49. The molecule has 2 aliphatic heterocycles. The lowest BCUT2D eigenvalue weighted by atomic mass is 9.67. The fourth-order valence-corrected chi connectivity index (χ4v) is 5.00. The van der Waals surface area contributed by atoms with Gasteiger partial charge in [0.2, 0.25) is 0 Å². The molecule has 1 spiro atoms. The van der Waals surface area contributed by atoms with Crippen LogP contribution in [0.25, 0.3) is 0 Å². The molecule has 1 N–H and O–H groups in total. The number of rotatable bonds is 3. The molecule has 4 rings (SSSR count). The lowest BCUT2D eigenvalue weighted by Gasteiger charge is -2.41. The van der Waals surface area contributed by atoms with Crippen molar-refractivity contribution < 1.29 is 23.8 Å². The van der Waals surface area contributed by atoms with E-state index in [1.165, 1.54) is 11.1 Å². The van der Waals surface area contributed by atoms with E-state index in [1.54, 1.807) is 14.2 Å². The molecule has 0 amide bonds. The van der Waals surface area contributed by atoms with Gasteiger partial charge in [0.1, 0.15) is 12.6 Å². The van der Waals surface area contributed by atoms with Gasteiger partial charge in [0.15, 0.2) is 18.2 Å². The third-order valence-corrected chi connectivity index (χ3v) is 6.08. The first-order chi connectivity index (χ1) is 12.0. The molecule has 2 heterocycles. The number of quaternary nitrogens is 1. The second kappa shape index (κ2) is 6.01. The van der Waals surface area contributed by atoms with Crippen molar-refractivity contribution in [2.45, 2.75) is 43.4 Å². The summed E-state index contributed by atoms with van der Waals surface area (Å²) in [5.74, 6) is 1.66. The van der Waals surface area contributed by atoms with Crippen molar-refractivity contribution in [1.29, 1.82) is 0 Å². The predicted molar refractivity (Wildman–Crippen MR) is 94.7 cm³/mol. The van der Waals surface area contributed by atoms with Crippen molar-refractivity contribution in [3.05, 3.63) is 35.4 Å². The topological polar surface area (TPSA) is 47.9 Å². The number of benzene rings is 1. The Labute approximate surface area is 149 Å². The van der Waals surface area contributed by atoms with Gasteiger partial charge >= 0.3 is 0 Å². The Kier molecular flexibility index (Phi) is 4.06. The minimum atomic E-state index is -0.431. The second-order valence-electron chi connectivity index (χ2n) is 7.96. The zero-order valence-electron chi connectivity index (χ0n) is 15.3. The van der Waals surface area contributed by atoms with Crippen LogP contribution in [0.3, 0.4) is 0 Å². The van der Waals surface area contributed by atoms with Gasteiger partial charge in [0.25, 0.3) is 0 Å². The lowest BCUT2D eigenvalue weighted by molar-refractivity contribution is -0.940. The summed E-state index contributed by atoms with van der Waals surface area (Å²) in [4.78, 5) is 0. The van der Waals surface area contributed by atoms with Crippen LogP contribution < -0.4 is 9.47 Å². The number of aliphatic hydroxyl groups excluding tert-OH is 1. The minimum absolute atomic E-state index is 0.0168. The molecule has 0 fully saturated rings. The van der Waals surface area contributed by atoms with Crippen molar-refractivity contribution in [3.63, 3.8) is 0 Å². The summed E-state index contributed by atoms with van der Waals surface area (Å²) in [5.41, 5.74) is 2.43. The maximum Gasteiger partial charge on any atom is 0.182 e. The number of nitrogens with zero attached hydrogens (tertiary/aromatic N) is 1. The molecule has 0 aromatic heterocycles. The molecule has 25 heavy (non-hydrogen) atoms. The zero-order valence-corrected chi connectivity index (χ0v) is 15.3. The number of ether oxygens (including phenoxy) is 3. The third kappa shape index (κ3) is 2.57. The van der Waals surface area contributed by atoms with Crippen molar-refractivity contribution in [2.75, 3.05) is 34.5 Å². The van der Waals surface area contributed by atoms with E-state index >= 15 is 0 Å². The highest BCUT2D eigenvalue weighted by atomic mass is 16.5. The molecule has 0 radical (unpaired) electrons. The van der Waals surface area contributed by atoms with E-state index in [1.807, 2.05) is 12.1 Å². The molecule has 1 unspecified atom stereocenters. The van der Waals surface area contributed by atoms with Gasteiger partial charge in [-0.2, -0.15) is 0 Å². The molecular weight excluding hydrogens is 318 g/mol. The largest absolute Gasteiger partial charge is 0.493 e. The summed E-state index contributed by atoms with van der Waals surface area (Å²) in [6.07, 6.45) is 6.45. The van der Waals surface area contributed by atoms with Crippen LogP contribution in [0.4, 0.5) is 0 Å². The molecule has 5 nitrogen and oxygen atoms in total. The van der Waals surface area contributed by atoms with Crippen LogP contribution in [0, 0.1) is 0 Å². The van der Waals surface area contributed by atoms with Gasteiger partial charge in [-0.1, -0.05) is 12.2 Å². The van der Waals surface area contributed by atoms with Crippen LogP contribution in [0.2, 0.25) is 0 Å². The SMILES string of the molecule is COC[N+]1(C)CCC[C@@]23C=C[C@H](O)C[C@@H]2Oc2c(OC)ccc(c23)C1. The highest BCUT2D eigenvalue weighted by Crippen LogP contribution is 2.56. The van der Waals surface area contributed by atoms with Crippen LogP contribution in [0.5, 0.6) is 11.5 Å². The van der Waals surface area contributed by atoms with Gasteiger partial charge in [-0.25, -0.2) is 0 Å². The Bertz CT molecular complexity index is 703. The quantitative estimate of drug-likeness (QED) is 0.674. The second-order valence-corrected chi connectivity index (χ2v) is 7.96. The molecule has 0 bridgehead atoms. The van der Waals surface area contributed by atoms with Crippen molar-refractivity contribution >= 4 is 0 Å². The maximum atomic E-state index is 10.1. The van der Waals surface area contributed by atoms with E-state index < -0.39 is 6.10 Å². The average Bonchev–Trinajstić information content (AvgIpc) is 2.89. The highest BCUT2D eigenvalue weighted by Gasteiger charge is 2.53. The van der Waals surface area contributed by atoms with E-state index in [-0.39, 0.29) is 11.5 Å². The van der Waals surface area contributed by atoms with Gasteiger partial charge in [-0.3, -0.25) is 4.48 Å². The van der Waals surface area contributed by atoms with Crippen LogP contribution in [0.15, 0.2) is 24.3 Å². The molecule has 3 aliphatic rings. The third-order valence-electron chi connectivity index (χ3n) is 6.08. The maximum absolute atomic E-state index is 10.1. The number of methoxy groups -OCH3 is 2. The van der Waals surface area contributed by atoms with Gasteiger partial charge in [-0.05, 0) is 25.0 Å². The molecule has 0 saturated carbocycles. The minimum Gasteiger partial charge on any atom is -0.493 e. The Balaban J connectivity index is 1.88. The van der Waals surface area contributed by atoms with Crippen LogP contribution >= 0.6 is 0 Å². The zero-order chi connectivity index (χ0) is 17.7. The molecule has 1 aliphatic carbocycles. The summed E-state index contributed by atoms with van der Waals surface area (Å²) in [6, 6.07) is 4.19. The summed E-state index contributed by atoms with van der Waals surface area (Å²) >= 11 is 0. The molecule has 136 valence electrons. The predicted octanol–water partition coefficient (Wildman–Crippen LogP) is 2.36. The summed E-state index contributed by atoms with van der Waals surface area (Å²) < 4.78 is 18.3. The Morgan fingerprint density at radius 3 is 2.96 bits per heavy atom. The van der Waals surface area contributed by atoms with Crippen LogP contribution in [-0.2, 0) is 16.7 Å². The molecular formula is C20H28NO4+. The van der Waals surface area contributed by atoms with Crippen LogP contribution in [0.1, 0.15) is 30.4 Å². The number of aliphatic hydroxyl groups is 1. The Morgan fingerprint density at radius 1 is 1.36 bits per heavy atom. The Morgan fingerprint density at radius 2 is 2.20 bits per heavy atom.